The third-order valence-corrected chi connectivity index (χ3v) is 6.38. The molecule has 1 unspecified atom stereocenters. The van der Waals surface area contributed by atoms with Gasteiger partial charge in [-0.05, 0) is 79.6 Å². The summed E-state index contributed by atoms with van der Waals surface area (Å²) in [5.41, 5.74) is 14.5. The van der Waals surface area contributed by atoms with Crippen LogP contribution in [-0.2, 0) is 0 Å². The van der Waals surface area contributed by atoms with E-state index in [1.807, 2.05) is 54.6 Å². The van der Waals surface area contributed by atoms with Gasteiger partial charge < -0.3 is 26.4 Å². The van der Waals surface area contributed by atoms with Gasteiger partial charge in [-0.3, -0.25) is 4.79 Å². The predicted octanol–water partition coefficient (Wildman–Crippen LogP) is 5.35. The van der Waals surface area contributed by atoms with Gasteiger partial charge in [-0.25, -0.2) is 9.37 Å². The van der Waals surface area contributed by atoms with E-state index in [-0.39, 0.29) is 17.5 Å². The molecule has 8 heteroatoms. The van der Waals surface area contributed by atoms with E-state index in [1.165, 1.54) is 12.1 Å². The van der Waals surface area contributed by atoms with Crippen molar-refractivity contribution in [3.8, 4) is 17.0 Å². The highest BCUT2D eigenvalue weighted by Gasteiger charge is 2.22. The molecule has 1 saturated heterocycles. The summed E-state index contributed by atoms with van der Waals surface area (Å²) < 4.78 is 20.7. The number of nitrogen functional groups attached to an aromatic ring is 2. The summed E-state index contributed by atoms with van der Waals surface area (Å²) in [4.78, 5) is 19.4. The molecule has 0 bridgehead atoms. The molecule has 5 N–H and O–H groups in total. The molecule has 1 aliphatic rings. The maximum Gasteiger partial charge on any atom is 0.258 e. The number of amides is 1. The molecule has 2 heterocycles. The summed E-state index contributed by atoms with van der Waals surface area (Å²) in [6.45, 7) is 1.71. The Morgan fingerprint density at radius 2 is 1.78 bits per heavy atom. The average molecular weight is 498 g/mol. The van der Waals surface area contributed by atoms with Gasteiger partial charge in [-0.15, -0.1) is 0 Å². The number of aromatic nitrogens is 1. The summed E-state index contributed by atoms with van der Waals surface area (Å²) in [7, 11) is 0. The molecule has 0 aliphatic carbocycles. The van der Waals surface area contributed by atoms with Crippen LogP contribution in [-0.4, -0.2) is 30.1 Å². The minimum Gasteiger partial charge on any atom is -0.489 e. The van der Waals surface area contributed by atoms with Crippen LogP contribution in [0.2, 0.25) is 0 Å². The van der Waals surface area contributed by atoms with Gasteiger partial charge >= 0.3 is 0 Å². The highest BCUT2D eigenvalue weighted by molar-refractivity contribution is 6.05. The minimum absolute atomic E-state index is 0.0873. The van der Waals surface area contributed by atoms with Gasteiger partial charge in [-0.1, -0.05) is 18.2 Å². The fourth-order valence-corrected chi connectivity index (χ4v) is 4.42. The van der Waals surface area contributed by atoms with Crippen molar-refractivity contribution in [2.75, 3.05) is 34.8 Å². The lowest BCUT2D eigenvalue weighted by molar-refractivity contribution is 0.102. The quantitative estimate of drug-likeness (QED) is 0.331. The largest absolute Gasteiger partial charge is 0.489 e. The van der Waals surface area contributed by atoms with Crippen molar-refractivity contribution in [2.45, 2.75) is 18.9 Å². The Kier molecular flexibility index (Phi) is 6.89. The molecule has 0 radical (unpaired) electrons. The topological polar surface area (TPSA) is 106 Å². The van der Waals surface area contributed by atoms with Crippen LogP contribution in [0, 0.1) is 5.82 Å². The van der Waals surface area contributed by atoms with Crippen molar-refractivity contribution in [3.05, 3.63) is 96.3 Å². The fourth-order valence-electron chi connectivity index (χ4n) is 4.42. The van der Waals surface area contributed by atoms with E-state index in [1.54, 1.807) is 18.2 Å². The molecular weight excluding hydrogens is 469 g/mol. The molecule has 1 fully saturated rings. The number of anilines is 4. The lowest BCUT2D eigenvalue weighted by atomic mass is 10.1. The summed E-state index contributed by atoms with van der Waals surface area (Å²) in [6, 6.07) is 24.9. The Labute approximate surface area is 214 Å². The maximum atomic E-state index is 14.5. The number of para-hydroxylation sites is 1. The molecular formula is C29H28FN5O2. The average Bonchev–Trinajstić information content (AvgIpc) is 2.92. The van der Waals surface area contributed by atoms with Crippen LogP contribution in [0.25, 0.3) is 11.3 Å². The van der Waals surface area contributed by atoms with Crippen LogP contribution in [0.4, 0.5) is 27.3 Å². The Morgan fingerprint density at radius 3 is 2.54 bits per heavy atom. The number of benzene rings is 3. The first-order valence-electron chi connectivity index (χ1n) is 12.2. The summed E-state index contributed by atoms with van der Waals surface area (Å²) in [6.07, 6.45) is 2.14. The molecule has 37 heavy (non-hydrogen) atoms. The van der Waals surface area contributed by atoms with Gasteiger partial charge in [0.15, 0.2) is 0 Å². The number of piperidine rings is 1. The minimum atomic E-state index is -0.626. The molecule has 0 saturated carbocycles. The first-order chi connectivity index (χ1) is 18.0. The monoisotopic (exact) mass is 497 g/mol. The number of halogens is 1. The van der Waals surface area contributed by atoms with E-state index in [0.717, 1.165) is 37.4 Å². The molecule has 1 amide bonds. The molecule has 1 aliphatic heterocycles. The highest BCUT2D eigenvalue weighted by atomic mass is 19.1. The summed E-state index contributed by atoms with van der Waals surface area (Å²) in [5, 5.41) is 2.78. The number of nitrogens with two attached hydrogens (primary N) is 2. The van der Waals surface area contributed by atoms with Gasteiger partial charge in [-0.2, -0.15) is 0 Å². The molecule has 1 aromatic heterocycles. The molecule has 3 aromatic carbocycles. The number of hydrogen-bond acceptors (Lipinski definition) is 6. The first kappa shape index (κ1) is 24.1. The molecule has 188 valence electrons. The van der Waals surface area contributed by atoms with Crippen LogP contribution in [0.3, 0.4) is 0 Å². The summed E-state index contributed by atoms with van der Waals surface area (Å²) in [5.74, 6) is -0.122. The van der Waals surface area contributed by atoms with Crippen molar-refractivity contribution >= 4 is 28.8 Å². The van der Waals surface area contributed by atoms with Gasteiger partial charge in [0.05, 0.1) is 23.5 Å². The van der Waals surface area contributed by atoms with E-state index < -0.39 is 11.7 Å². The van der Waals surface area contributed by atoms with Crippen molar-refractivity contribution in [2.24, 2.45) is 0 Å². The molecule has 7 nitrogen and oxygen atoms in total. The Hall–Kier alpha value is -4.59. The summed E-state index contributed by atoms with van der Waals surface area (Å²) >= 11 is 0. The number of carbonyl (C=O) groups excluding carboxylic acids is 1. The zero-order valence-electron chi connectivity index (χ0n) is 20.2. The second-order valence-corrected chi connectivity index (χ2v) is 9.01. The van der Waals surface area contributed by atoms with E-state index >= 15 is 0 Å². The van der Waals surface area contributed by atoms with Crippen molar-refractivity contribution in [3.63, 3.8) is 0 Å². The van der Waals surface area contributed by atoms with Crippen LogP contribution in [0.1, 0.15) is 23.2 Å². The smallest absolute Gasteiger partial charge is 0.258 e. The predicted molar refractivity (Wildman–Crippen MR) is 145 cm³/mol. The van der Waals surface area contributed by atoms with E-state index in [2.05, 4.69) is 15.2 Å². The highest BCUT2D eigenvalue weighted by Crippen LogP contribution is 2.26. The van der Waals surface area contributed by atoms with Gasteiger partial charge in [0.1, 0.15) is 23.5 Å². The third kappa shape index (κ3) is 5.64. The molecule has 1 atom stereocenters. The van der Waals surface area contributed by atoms with Gasteiger partial charge in [0, 0.05) is 23.5 Å². The molecule has 4 aromatic rings. The number of ether oxygens (including phenoxy) is 1. The van der Waals surface area contributed by atoms with E-state index in [4.69, 9.17) is 16.2 Å². The second kappa shape index (κ2) is 10.6. The fraction of sp³-hybridized carbons (Fsp3) is 0.172. The van der Waals surface area contributed by atoms with Crippen LogP contribution in [0.5, 0.6) is 5.75 Å². The first-order valence-corrected chi connectivity index (χ1v) is 12.2. The second-order valence-electron chi connectivity index (χ2n) is 9.01. The normalized spacial score (nSPS) is 15.3. The number of carbonyl (C=O) groups is 1. The van der Waals surface area contributed by atoms with E-state index in [9.17, 15) is 9.18 Å². The lowest BCUT2D eigenvalue weighted by Crippen LogP contribution is -2.41. The number of pyridine rings is 1. The maximum absolute atomic E-state index is 14.5. The van der Waals surface area contributed by atoms with Crippen LogP contribution in [0.15, 0.2) is 84.9 Å². The number of hydrogen-bond donors (Lipinski definition) is 3. The van der Waals surface area contributed by atoms with Crippen molar-refractivity contribution in [1.82, 2.24) is 4.98 Å². The SMILES string of the molecule is Nc1ccc(-c2ccc(F)c(C(=O)Nc3ccc(N4CCCC(Oc5ccccc5)C4)cc3)c2)nc1N. The van der Waals surface area contributed by atoms with E-state index in [0.29, 0.717) is 22.6 Å². The zero-order valence-corrected chi connectivity index (χ0v) is 20.2. The molecule has 0 spiro atoms. The van der Waals surface area contributed by atoms with Crippen molar-refractivity contribution < 1.29 is 13.9 Å². The Morgan fingerprint density at radius 1 is 1.00 bits per heavy atom. The lowest BCUT2D eigenvalue weighted by Gasteiger charge is -2.34. The van der Waals surface area contributed by atoms with Crippen molar-refractivity contribution in [1.29, 1.82) is 0 Å². The van der Waals surface area contributed by atoms with Crippen LogP contribution < -0.4 is 26.4 Å². The Balaban J connectivity index is 1.25. The molecule has 5 rings (SSSR count). The number of rotatable bonds is 6. The third-order valence-electron chi connectivity index (χ3n) is 6.38. The standard InChI is InChI=1S/C29H28FN5O2/c30-25-13-8-19(27-15-14-26(31)28(32)34-27)17-24(25)29(36)33-20-9-11-21(12-10-20)35-16-4-7-23(18-35)37-22-5-2-1-3-6-22/h1-3,5-6,8-15,17,23H,4,7,16,18,31H2,(H2,32,34)(H,33,36). The number of nitrogens with one attached hydrogen (secondary N) is 1. The van der Waals surface area contributed by atoms with Gasteiger partial charge in [0.25, 0.3) is 5.91 Å². The Bertz CT molecular complexity index is 1400. The number of nitrogens with zero attached hydrogens (tertiary/aromatic N) is 2. The van der Waals surface area contributed by atoms with Gasteiger partial charge in [0.2, 0.25) is 0 Å². The van der Waals surface area contributed by atoms with Crippen LogP contribution >= 0.6 is 0 Å². The zero-order chi connectivity index (χ0) is 25.8.